The normalized spacial score (nSPS) is 37.0. The van der Waals surface area contributed by atoms with Gasteiger partial charge in [-0.3, -0.25) is 4.90 Å². The summed E-state index contributed by atoms with van der Waals surface area (Å²) in [5, 5.41) is 0. The van der Waals surface area contributed by atoms with Gasteiger partial charge in [0.2, 0.25) is 0 Å². The number of hydrogen-bond donors (Lipinski definition) is 1. The third-order valence-electron chi connectivity index (χ3n) is 4.37. The van der Waals surface area contributed by atoms with Crippen LogP contribution in [0, 0.1) is 5.92 Å². The maximum Gasteiger partial charge on any atom is 0.0153 e. The van der Waals surface area contributed by atoms with E-state index in [1.807, 2.05) is 0 Å². The molecule has 1 aliphatic heterocycles. The van der Waals surface area contributed by atoms with E-state index in [9.17, 15) is 0 Å². The lowest BCUT2D eigenvalue weighted by molar-refractivity contribution is 0.129. The van der Waals surface area contributed by atoms with Gasteiger partial charge in [0, 0.05) is 18.1 Å². The Hall–Kier alpha value is -0.0800. The van der Waals surface area contributed by atoms with Crippen molar-refractivity contribution in [2.45, 2.75) is 64.0 Å². The Labute approximate surface area is 94.2 Å². The van der Waals surface area contributed by atoms with Crippen LogP contribution >= 0.6 is 0 Å². The number of rotatable bonds is 2. The van der Waals surface area contributed by atoms with E-state index in [0.29, 0.717) is 11.6 Å². The van der Waals surface area contributed by atoms with Crippen LogP contribution in [0.2, 0.25) is 0 Å². The van der Waals surface area contributed by atoms with Crippen molar-refractivity contribution in [2.75, 3.05) is 13.1 Å². The van der Waals surface area contributed by atoms with Crippen molar-refractivity contribution < 1.29 is 0 Å². The smallest absolute Gasteiger partial charge is 0.0153 e. The summed E-state index contributed by atoms with van der Waals surface area (Å²) >= 11 is 0. The van der Waals surface area contributed by atoms with Crippen LogP contribution < -0.4 is 5.73 Å². The lowest BCUT2D eigenvalue weighted by Crippen LogP contribution is -2.43. The Bertz CT molecular complexity index is 213. The van der Waals surface area contributed by atoms with Gasteiger partial charge in [-0.05, 0) is 58.4 Å². The second-order valence-corrected chi connectivity index (χ2v) is 6.15. The van der Waals surface area contributed by atoms with Gasteiger partial charge in [-0.25, -0.2) is 0 Å². The van der Waals surface area contributed by atoms with Gasteiger partial charge in [0.05, 0.1) is 0 Å². The average Bonchev–Trinajstić information content (AvgIpc) is 2.46. The minimum atomic E-state index is 0.446. The molecule has 0 aromatic rings. The first-order valence-electron chi connectivity index (χ1n) is 6.58. The molecule has 0 radical (unpaired) electrons. The van der Waals surface area contributed by atoms with Crippen LogP contribution in [-0.2, 0) is 0 Å². The fourth-order valence-corrected chi connectivity index (χ4v) is 3.31. The van der Waals surface area contributed by atoms with E-state index in [0.717, 1.165) is 5.92 Å². The average molecular weight is 210 g/mol. The topological polar surface area (TPSA) is 29.3 Å². The zero-order valence-electron chi connectivity index (χ0n) is 10.3. The SMILES string of the molecule is CC1(C)CCCN1CC1CCCC(N)C1. The second-order valence-electron chi connectivity index (χ2n) is 6.15. The van der Waals surface area contributed by atoms with Gasteiger partial charge in [0.1, 0.15) is 0 Å². The minimum absolute atomic E-state index is 0.446. The Morgan fingerprint density at radius 3 is 2.67 bits per heavy atom. The molecule has 2 unspecified atom stereocenters. The maximum atomic E-state index is 6.05. The molecule has 1 aliphatic carbocycles. The molecule has 2 aliphatic rings. The zero-order valence-corrected chi connectivity index (χ0v) is 10.3. The summed E-state index contributed by atoms with van der Waals surface area (Å²) in [4.78, 5) is 2.69. The lowest BCUT2D eigenvalue weighted by atomic mass is 9.85. The molecule has 0 aromatic heterocycles. The molecular weight excluding hydrogens is 184 g/mol. The summed E-state index contributed by atoms with van der Waals surface area (Å²) in [5.41, 5.74) is 6.49. The third-order valence-corrected chi connectivity index (χ3v) is 4.37. The molecule has 88 valence electrons. The summed E-state index contributed by atoms with van der Waals surface area (Å²) in [6.45, 7) is 7.38. The summed E-state index contributed by atoms with van der Waals surface area (Å²) < 4.78 is 0. The maximum absolute atomic E-state index is 6.05. The van der Waals surface area contributed by atoms with E-state index >= 15 is 0 Å². The van der Waals surface area contributed by atoms with Gasteiger partial charge in [0.15, 0.2) is 0 Å². The molecule has 1 saturated carbocycles. The summed E-state index contributed by atoms with van der Waals surface area (Å²) in [7, 11) is 0. The number of nitrogens with two attached hydrogens (primary N) is 1. The molecule has 2 atom stereocenters. The molecule has 0 spiro atoms. The molecule has 0 amide bonds. The number of nitrogens with zero attached hydrogens (tertiary/aromatic N) is 1. The van der Waals surface area contributed by atoms with Crippen LogP contribution in [0.4, 0.5) is 0 Å². The van der Waals surface area contributed by atoms with E-state index in [-0.39, 0.29) is 0 Å². The van der Waals surface area contributed by atoms with Gasteiger partial charge in [-0.2, -0.15) is 0 Å². The van der Waals surface area contributed by atoms with Gasteiger partial charge >= 0.3 is 0 Å². The Balaban J connectivity index is 1.85. The number of likely N-dealkylation sites (tertiary alicyclic amines) is 1. The highest BCUT2D eigenvalue weighted by Crippen LogP contribution is 2.32. The van der Waals surface area contributed by atoms with Crippen molar-refractivity contribution in [1.82, 2.24) is 4.90 Å². The van der Waals surface area contributed by atoms with E-state index in [2.05, 4.69) is 18.7 Å². The predicted molar refractivity (Wildman–Crippen MR) is 64.8 cm³/mol. The van der Waals surface area contributed by atoms with Crippen LogP contribution in [0.1, 0.15) is 52.4 Å². The van der Waals surface area contributed by atoms with E-state index < -0.39 is 0 Å². The largest absolute Gasteiger partial charge is 0.328 e. The zero-order chi connectivity index (χ0) is 10.9. The van der Waals surface area contributed by atoms with Crippen LogP contribution in [-0.4, -0.2) is 29.6 Å². The Morgan fingerprint density at radius 1 is 1.27 bits per heavy atom. The fraction of sp³-hybridized carbons (Fsp3) is 1.00. The number of hydrogen-bond acceptors (Lipinski definition) is 2. The van der Waals surface area contributed by atoms with Crippen molar-refractivity contribution in [3.05, 3.63) is 0 Å². The molecular formula is C13H26N2. The van der Waals surface area contributed by atoms with Gasteiger partial charge in [-0.15, -0.1) is 0 Å². The molecule has 1 saturated heterocycles. The van der Waals surface area contributed by atoms with E-state index in [1.165, 1.54) is 51.6 Å². The van der Waals surface area contributed by atoms with Crippen molar-refractivity contribution in [3.63, 3.8) is 0 Å². The Morgan fingerprint density at radius 2 is 2.07 bits per heavy atom. The van der Waals surface area contributed by atoms with Crippen LogP contribution in [0.5, 0.6) is 0 Å². The van der Waals surface area contributed by atoms with Gasteiger partial charge in [0.25, 0.3) is 0 Å². The quantitative estimate of drug-likeness (QED) is 0.758. The van der Waals surface area contributed by atoms with E-state index in [1.54, 1.807) is 0 Å². The molecule has 2 heteroatoms. The molecule has 1 heterocycles. The molecule has 2 nitrogen and oxygen atoms in total. The molecule has 0 bridgehead atoms. The molecule has 0 aromatic carbocycles. The standard InChI is InChI=1S/C13H26N2/c1-13(2)7-4-8-15(13)10-11-5-3-6-12(14)9-11/h11-12H,3-10,14H2,1-2H3. The highest BCUT2D eigenvalue weighted by molar-refractivity contribution is 4.90. The van der Waals surface area contributed by atoms with Crippen LogP contribution in [0.15, 0.2) is 0 Å². The lowest BCUT2D eigenvalue weighted by Gasteiger charge is -2.37. The summed E-state index contributed by atoms with van der Waals surface area (Å²) in [6.07, 6.45) is 8.00. The highest BCUT2D eigenvalue weighted by Gasteiger charge is 2.33. The first-order chi connectivity index (χ1) is 7.08. The fourth-order valence-electron chi connectivity index (χ4n) is 3.31. The van der Waals surface area contributed by atoms with Crippen LogP contribution in [0.3, 0.4) is 0 Å². The first kappa shape index (κ1) is 11.4. The molecule has 15 heavy (non-hydrogen) atoms. The first-order valence-corrected chi connectivity index (χ1v) is 6.58. The van der Waals surface area contributed by atoms with E-state index in [4.69, 9.17) is 5.73 Å². The summed E-state index contributed by atoms with van der Waals surface area (Å²) in [6, 6.07) is 0.481. The molecule has 2 fully saturated rings. The monoisotopic (exact) mass is 210 g/mol. The van der Waals surface area contributed by atoms with Crippen LogP contribution in [0.25, 0.3) is 0 Å². The van der Waals surface area contributed by atoms with Crippen molar-refractivity contribution in [2.24, 2.45) is 11.7 Å². The third kappa shape index (κ3) is 2.73. The highest BCUT2D eigenvalue weighted by atomic mass is 15.2. The Kier molecular flexibility index (Phi) is 3.36. The minimum Gasteiger partial charge on any atom is -0.328 e. The summed E-state index contributed by atoms with van der Waals surface area (Å²) in [5.74, 6) is 0.867. The van der Waals surface area contributed by atoms with Gasteiger partial charge in [-0.1, -0.05) is 6.42 Å². The second kappa shape index (κ2) is 4.42. The molecule has 2 rings (SSSR count). The van der Waals surface area contributed by atoms with Crippen molar-refractivity contribution >= 4 is 0 Å². The predicted octanol–water partition coefficient (Wildman–Crippen LogP) is 2.38. The van der Waals surface area contributed by atoms with Gasteiger partial charge < -0.3 is 5.73 Å². The molecule has 2 N–H and O–H groups in total. The van der Waals surface area contributed by atoms with Crippen molar-refractivity contribution in [3.8, 4) is 0 Å². The van der Waals surface area contributed by atoms with Crippen molar-refractivity contribution in [1.29, 1.82) is 0 Å².